The number of carboxylic acid groups (broad SMARTS) is 1. The van der Waals surface area contributed by atoms with Gasteiger partial charge in [0.1, 0.15) is 10.7 Å². The molecule has 1 heterocycles. The molecule has 0 fully saturated rings. The van der Waals surface area contributed by atoms with Gasteiger partial charge in [-0.2, -0.15) is 0 Å². The van der Waals surface area contributed by atoms with E-state index in [4.69, 9.17) is 14.7 Å². The molecule has 8 nitrogen and oxygen atoms in total. The lowest BCUT2D eigenvalue weighted by molar-refractivity contribution is -0.133. The summed E-state index contributed by atoms with van der Waals surface area (Å²) in [6.07, 6.45) is 0. The van der Waals surface area contributed by atoms with Crippen molar-refractivity contribution in [3.8, 4) is 0 Å². The molecule has 0 atom stereocenters. The largest absolute Gasteiger partial charge is 0.481 e. The van der Waals surface area contributed by atoms with Crippen LogP contribution in [0.2, 0.25) is 0 Å². The van der Waals surface area contributed by atoms with Gasteiger partial charge >= 0.3 is 5.97 Å². The number of thioether (sulfide) groups is 1. The first-order valence-electron chi connectivity index (χ1n) is 5.43. The van der Waals surface area contributed by atoms with Crippen molar-refractivity contribution in [1.82, 2.24) is 5.32 Å². The molecule has 20 heavy (non-hydrogen) atoms. The number of nitrogens with one attached hydrogen (secondary N) is 1. The highest BCUT2D eigenvalue weighted by Crippen LogP contribution is 2.18. The highest BCUT2D eigenvalue weighted by Gasteiger charge is 2.20. The van der Waals surface area contributed by atoms with Crippen molar-refractivity contribution < 1.29 is 27.5 Å². The summed E-state index contributed by atoms with van der Waals surface area (Å²) in [5.41, 5.74) is 0. The van der Waals surface area contributed by atoms with Crippen LogP contribution in [0.15, 0.2) is 15.4 Å². The van der Waals surface area contributed by atoms with Crippen LogP contribution in [-0.4, -0.2) is 43.5 Å². The Bertz CT molecular complexity index is 607. The first-order chi connectivity index (χ1) is 9.21. The number of hydrogen-bond acceptors (Lipinski definition) is 6. The second-order valence-corrected chi connectivity index (χ2v) is 6.41. The van der Waals surface area contributed by atoms with E-state index >= 15 is 0 Å². The number of hydrogen-bond donors (Lipinski definition) is 3. The van der Waals surface area contributed by atoms with Crippen LogP contribution in [0, 0.1) is 6.92 Å². The molecule has 0 aliphatic rings. The second-order valence-electron chi connectivity index (χ2n) is 3.78. The number of sulfonamides is 1. The number of furan rings is 1. The van der Waals surface area contributed by atoms with Crippen molar-refractivity contribution in [3.05, 3.63) is 17.6 Å². The van der Waals surface area contributed by atoms with Crippen LogP contribution >= 0.6 is 11.8 Å². The Labute approximate surface area is 119 Å². The van der Waals surface area contributed by atoms with Crippen molar-refractivity contribution in [1.29, 1.82) is 0 Å². The smallest absolute Gasteiger partial charge is 0.313 e. The summed E-state index contributed by atoms with van der Waals surface area (Å²) >= 11 is 1.15. The number of aryl methyl sites for hydroxylation is 1. The van der Waals surface area contributed by atoms with Crippen molar-refractivity contribution in [3.63, 3.8) is 0 Å². The molecule has 0 bridgehead atoms. The van der Waals surface area contributed by atoms with Crippen LogP contribution in [0.3, 0.4) is 0 Å². The Morgan fingerprint density at radius 1 is 1.50 bits per heavy atom. The van der Waals surface area contributed by atoms with Gasteiger partial charge in [-0.1, -0.05) is 0 Å². The summed E-state index contributed by atoms with van der Waals surface area (Å²) in [6.45, 7) is 1.63. The topological polar surface area (TPSA) is 140 Å². The van der Waals surface area contributed by atoms with E-state index in [-0.39, 0.29) is 28.7 Å². The van der Waals surface area contributed by atoms with Crippen molar-refractivity contribution in [2.24, 2.45) is 5.14 Å². The molecule has 1 aromatic rings. The number of nitrogens with two attached hydrogens (primary N) is 1. The van der Waals surface area contributed by atoms with Gasteiger partial charge in [0.2, 0.25) is 10.0 Å². The van der Waals surface area contributed by atoms with Gasteiger partial charge in [-0.15, -0.1) is 11.8 Å². The number of amides is 1. The molecule has 112 valence electrons. The molecule has 1 aromatic heterocycles. The third-order valence-corrected chi connectivity index (χ3v) is 4.12. The maximum Gasteiger partial charge on any atom is 0.313 e. The van der Waals surface area contributed by atoms with Gasteiger partial charge in [0.05, 0.1) is 5.75 Å². The molecule has 0 aromatic carbocycles. The predicted octanol–water partition coefficient (Wildman–Crippen LogP) is -0.217. The molecule has 10 heteroatoms. The number of carboxylic acids is 1. The third-order valence-electron chi connectivity index (χ3n) is 2.16. The van der Waals surface area contributed by atoms with Gasteiger partial charge in [-0.25, -0.2) is 13.6 Å². The van der Waals surface area contributed by atoms with E-state index in [0.717, 1.165) is 17.8 Å². The van der Waals surface area contributed by atoms with Crippen molar-refractivity contribution in [2.45, 2.75) is 11.8 Å². The Morgan fingerprint density at radius 2 is 2.15 bits per heavy atom. The Balaban J connectivity index is 2.55. The number of rotatable bonds is 7. The summed E-state index contributed by atoms with van der Waals surface area (Å²) in [4.78, 5) is 21.7. The van der Waals surface area contributed by atoms with E-state index in [1.165, 1.54) is 6.92 Å². The van der Waals surface area contributed by atoms with Gasteiger partial charge in [-0.3, -0.25) is 9.59 Å². The second kappa shape index (κ2) is 6.77. The normalized spacial score (nSPS) is 11.3. The average Bonchev–Trinajstić information content (AvgIpc) is 2.70. The first-order valence-corrected chi connectivity index (χ1v) is 8.13. The third kappa shape index (κ3) is 4.87. The molecule has 4 N–H and O–H groups in total. The van der Waals surface area contributed by atoms with Crippen molar-refractivity contribution >= 4 is 33.7 Å². The fourth-order valence-corrected chi connectivity index (χ4v) is 2.62. The van der Waals surface area contributed by atoms with Crippen LogP contribution < -0.4 is 10.5 Å². The zero-order valence-corrected chi connectivity index (χ0v) is 12.2. The van der Waals surface area contributed by atoms with E-state index in [1.807, 2.05) is 0 Å². The monoisotopic (exact) mass is 322 g/mol. The molecule has 0 saturated carbocycles. The lowest BCUT2D eigenvalue weighted by Gasteiger charge is -2.01. The van der Waals surface area contributed by atoms with E-state index in [1.54, 1.807) is 0 Å². The summed E-state index contributed by atoms with van der Waals surface area (Å²) in [5.74, 6) is -1.27. The van der Waals surface area contributed by atoms with Crippen molar-refractivity contribution in [2.75, 3.05) is 18.1 Å². The number of aliphatic carboxylic acids is 1. The maximum atomic E-state index is 11.7. The van der Waals surface area contributed by atoms with Gasteiger partial charge in [0, 0.05) is 18.4 Å². The highest BCUT2D eigenvalue weighted by molar-refractivity contribution is 7.99. The van der Waals surface area contributed by atoms with Crippen LogP contribution in [-0.2, 0) is 14.8 Å². The Hall–Kier alpha value is -1.52. The Kier molecular flexibility index (Phi) is 5.60. The minimum atomic E-state index is -3.93. The quantitative estimate of drug-likeness (QED) is 0.590. The molecule has 0 saturated heterocycles. The highest BCUT2D eigenvalue weighted by atomic mass is 32.2. The van der Waals surface area contributed by atoms with Gasteiger partial charge < -0.3 is 14.8 Å². The number of carbonyl (C=O) groups excluding carboxylic acids is 1. The lowest BCUT2D eigenvalue weighted by Crippen LogP contribution is -2.25. The molecule has 0 radical (unpaired) electrons. The molecule has 0 aliphatic heterocycles. The van der Waals surface area contributed by atoms with Crippen LogP contribution in [0.1, 0.15) is 16.3 Å². The fraction of sp³-hybridized carbons (Fsp3) is 0.400. The van der Waals surface area contributed by atoms with Gasteiger partial charge in [0.25, 0.3) is 5.91 Å². The number of primary sulfonamides is 1. The zero-order valence-electron chi connectivity index (χ0n) is 10.6. The van der Waals surface area contributed by atoms with Gasteiger partial charge in [-0.05, 0) is 6.92 Å². The maximum absolute atomic E-state index is 11.7. The van der Waals surface area contributed by atoms with Crippen LogP contribution in [0.4, 0.5) is 0 Å². The van der Waals surface area contributed by atoms with E-state index in [2.05, 4.69) is 5.32 Å². The average molecular weight is 322 g/mol. The first kappa shape index (κ1) is 16.5. The molecular weight excluding hydrogens is 308 g/mol. The summed E-state index contributed by atoms with van der Waals surface area (Å²) in [5, 5.41) is 15.9. The molecule has 0 unspecified atom stereocenters. The summed E-state index contributed by atoms with van der Waals surface area (Å²) < 4.78 is 27.4. The molecule has 0 aliphatic carbocycles. The minimum Gasteiger partial charge on any atom is -0.481 e. The lowest BCUT2D eigenvalue weighted by atomic mass is 10.4. The van der Waals surface area contributed by atoms with Gasteiger partial charge in [0.15, 0.2) is 5.76 Å². The van der Waals surface area contributed by atoms with Crippen LogP contribution in [0.5, 0.6) is 0 Å². The predicted molar refractivity (Wildman–Crippen MR) is 72.1 cm³/mol. The minimum absolute atomic E-state index is 0.0397. The number of carbonyl (C=O) groups is 2. The van der Waals surface area contributed by atoms with E-state index in [9.17, 15) is 18.0 Å². The standard InChI is InChI=1S/C10H14N2O6S2/c1-6-8(20(11,16)17)4-7(18-6)10(15)12-2-3-19-5-9(13)14/h4H,2-3,5H2,1H3,(H,12,15)(H,13,14)(H2,11,16,17). The summed E-state index contributed by atoms with van der Waals surface area (Å²) in [7, 11) is -3.93. The van der Waals surface area contributed by atoms with Crippen LogP contribution in [0.25, 0.3) is 0 Å². The zero-order chi connectivity index (χ0) is 15.3. The molecular formula is C10H14N2O6S2. The molecule has 0 spiro atoms. The molecule has 1 amide bonds. The Morgan fingerprint density at radius 3 is 2.65 bits per heavy atom. The SMILES string of the molecule is Cc1oc(C(=O)NCCSCC(=O)O)cc1S(N)(=O)=O. The van der Waals surface area contributed by atoms with E-state index < -0.39 is 21.9 Å². The summed E-state index contributed by atoms with van der Waals surface area (Å²) in [6, 6.07) is 1.06. The van der Waals surface area contributed by atoms with E-state index in [0.29, 0.717) is 5.75 Å². The molecule has 1 rings (SSSR count). The fourth-order valence-electron chi connectivity index (χ4n) is 1.34.